The predicted octanol–water partition coefficient (Wildman–Crippen LogP) is 1.72. The molecule has 3 heterocycles. The highest BCUT2D eigenvalue weighted by Crippen LogP contribution is 2.19. The zero-order valence-electron chi connectivity index (χ0n) is 13.9. The van der Waals surface area contributed by atoms with Crippen LogP contribution in [-0.2, 0) is 17.7 Å². The number of hydrogen-bond acceptors (Lipinski definition) is 4. The largest absolute Gasteiger partial charge is 0.444 e. The lowest BCUT2D eigenvalue weighted by atomic mass is 10.0. The maximum atomic E-state index is 11.9. The van der Waals surface area contributed by atoms with Crippen molar-refractivity contribution in [2.24, 2.45) is 0 Å². The molecular weight excluding hydrogens is 280 g/mol. The molecule has 6 nitrogen and oxygen atoms in total. The molecule has 0 saturated carbocycles. The van der Waals surface area contributed by atoms with Gasteiger partial charge in [0.25, 0.3) is 0 Å². The van der Waals surface area contributed by atoms with Crippen molar-refractivity contribution in [3.8, 4) is 0 Å². The van der Waals surface area contributed by atoms with Crippen molar-refractivity contribution in [2.75, 3.05) is 13.1 Å². The first-order valence-electron chi connectivity index (χ1n) is 8.07. The molecule has 0 radical (unpaired) electrons. The third-order valence-electron chi connectivity index (χ3n) is 4.12. The molecule has 0 bridgehead atoms. The molecule has 1 saturated heterocycles. The van der Waals surface area contributed by atoms with Gasteiger partial charge in [-0.25, -0.2) is 9.78 Å². The smallest absolute Gasteiger partial charge is 0.410 e. The van der Waals surface area contributed by atoms with Crippen molar-refractivity contribution in [1.29, 1.82) is 0 Å². The number of imidazole rings is 1. The van der Waals surface area contributed by atoms with Crippen molar-refractivity contribution in [1.82, 2.24) is 19.8 Å². The van der Waals surface area contributed by atoms with Gasteiger partial charge in [0, 0.05) is 44.3 Å². The van der Waals surface area contributed by atoms with E-state index in [4.69, 9.17) is 4.74 Å². The van der Waals surface area contributed by atoms with Crippen LogP contribution in [0.25, 0.3) is 0 Å². The summed E-state index contributed by atoms with van der Waals surface area (Å²) in [5, 5.41) is 3.66. The Morgan fingerprint density at radius 1 is 1.32 bits per heavy atom. The van der Waals surface area contributed by atoms with Crippen LogP contribution in [0, 0.1) is 6.92 Å². The molecule has 1 amide bonds. The lowest BCUT2D eigenvalue weighted by Crippen LogP contribution is -2.63. The van der Waals surface area contributed by atoms with Gasteiger partial charge in [-0.3, -0.25) is 0 Å². The summed E-state index contributed by atoms with van der Waals surface area (Å²) in [5.41, 5.74) is 0.671. The summed E-state index contributed by atoms with van der Waals surface area (Å²) in [6.07, 6.45) is 4.05. The SMILES string of the molecule is Cc1cn2c(n1)CC[C@H](NC1CN(C(=O)OC(C)(C)C)C1)C2. The molecule has 2 aliphatic heterocycles. The highest BCUT2D eigenvalue weighted by molar-refractivity contribution is 5.69. The van der Waals surface area contributed by atoms with E-state index >= 15 is 0 Å². The van der Waals surface area contributed by atoms with E-state index in [1.165, 1.54) is 5.82 Å². The van der Waals surface area contributed by atoms with E-state index in [0.29, 0.717) is 12.1 Å². The maximum absolute atomic E-state index is 11.9. The summed E-state index contributed by atoms with van der Waals surface area (Å²) in [5.74, 6) is 1.19. The minimum absolute atomic E-state index is 0.207. The van der Waals surface area contributed by atoms with Crippen molar-refractivity contribution in [3.63, 3.8) is 0 Å². The molecule has 3 rings (SSSR count). The fraction of sp³-hybridized carbons (Fsp3) is 0.750. The van der Waals surface area contributed by atoms with Gasteiger partial charge in [-0.1, -0.05) is 0 Å². The number of rotatable bonds is 2. The molecule has 0 spiro atoms. The number of amides is 1. The number of aromatic nitrogens is 2. The minimum Gasteiger partial charge on any atom is -0.444 e. The Morgan fingerprint density at radius 2 is 2.05 bits per heavy atom. The molecule has 1 fully saturated rings. The van der Waals surface area contributed by atoms with Crippen LogP contribution in [0.3, 0.4) is 0 Å². The second-order valence-electron chi connectivity index (χ2n) is 7.44. The third-order valence-corrected chi connectivity index (χ3v) is 4.12. The number of fused-ring (bicyclic) bond motifs is 1. The number of nitrogens with zero attached hydrogens (tertiary/aromatic N) is 3. The molecule has 0 aliphatic carbocycles. The predicted molar refractivity (Wildman–Crippen MR) is 83.8 cm³/mol. The van der Waals surface area contributed by atoms with E-state index in [0.717, 1.165) is 38.2 Å². The van der Waals surface area contributed by atoms with E-state index in [1.54, 1.807) is 4.90 Å². The van der Waals surface area contributed by atoms with Crippen molar-refractivity contribution in [2.45, 2.75) is 64.8 Å². The average Bonchev–Trinajstić information content (AvgIpc) is 2.70. The van der Waals surface area contributed by atoms with Crippen LogP contribution in [0.5, 0.6) is 0 Å². The van der Waals surface area contributed by atoms with E-state index in [9.17, 15) is 4.79 Å². The Kier molecular flexibility index (Phi) is 3.89. The highest BCUT2D eigenvalue weighted by atomic mass is 16.6. The maximum Gasteiger partial charge on any atom is 0.410 e. The normalized spacial score (nSPS) is 22.2. The standard InChI is InChI=1S/C16H26N4O2/c1-11-7-19-8-12(5-6-14(19)17-11)18-13-9-20(10-13)15(21)22-16(2,3)4/h7,12-13,18H,5-6,8-10H2,1-4H3/t12-/m0/s1. The molecule has 1 atom stereocenters. The number of hydrogen-bond donors (Lipinski definition) is 1. The second-order valence-corrected chi connectivity index (χ2v) is 7.44. The van der Waals surface area contributed by atoms with Crippen LogP contribution >= 0.6 is 0 Å². The summed E-state index contributed by atoms with van der Waals surface area (Å²) in [7, 11) is 0. The monoisotopic (exact) mass is 306 g/mol. The molecule has 1 aromatic heterocycles. The summed E-state index contributed by atoms with van der Waals surface area (Å²) >= 11 is 0. The van der Waals surface area contributed by atoms with Gasteiger partial charge in [-0.15, -0.1) is 0 Å². The van der Waals surface area contributed by atoms with Gasteiger partial charge in [0.2, 0.25) is 0 Å². The molecular formula is C16H26N4O2. The van der Waals surface area contributed by atoms with Gasteiger partial charge < -0.3 is 19.5 Å². The van der Waals surface area contributed by atoms with Crippen LogP contribution < -0.4 is 5.32 Å². The van der Waals surface area contributed by atoms with Crippen LogP contribution in [0.2, 0.25) is 0 Å². The zero-order valence-corrected chi connectivity index (χ0v) is 13.9. The first kappa shape index (κ1) is 15.3. The Morgan fingerprint density at radius 3 is 2.73 bits per heavy atom. The molecule has 0 unspecified atom stereocenters. The first-order chi connectivity index (χ1) is 10.3. The van der Waals surface area contributed by atoms with E-state index in [1.807, 2.05) is 27.7 Å². The van der Waals surface area contributed by atoms with Gasteiger partial charge in [0.05, 0.1) is 5.69 Å². The fourth-order valence-electron chi connectivity index (χ4n) is 3.12. The average molecular weight is 306 g/mol. The first-order valence-corrected chi connectivity index (χ1v) is 8.07. The molecule has 1 N–H and O–H groups in total. The molecule has 122 valence electrons. The number of carbonyl (C=O) groups excluding carboxylic acids is 1. The number of nitrogens with one attached hydrogen (secondary N) is 1. The van der Waals surface area contributed by atoms with Gasteiger partial charge in [0.1, 0.15) is 11.4 Å². The van der Waals surface area contributed by atoms with E-state index < -0.39 is 5.60 Å². The van der Waals surface area contributed by atoms with Crippen LogP contribution in [0.1, 0.15) is 38.7 Å². The number of carbonyl (C=O) groups is 1. The number of aryl methyl sites for hydroxylation is 2. The molecule has 1 aromatic rings. The van der Waals surface area contributed by atoms with Crippen molar-refractivity contribution in [3.05, 3.63) is 17.7 Å². The number of ether oxygens (including phenoxy) is 1. The highest BCUT2D eigenvalue weighted by Gasteiger charge is 2.35. The molecule has 22 heavy (non-hydrogen) atoms. The lowest BCUT2D eigenvalue weighted by Gasteiger charge is -2.42. The quantitative estimate of drug-likeness (QED) is 0.904. The van der Waals surface area contributed by atoms with Crippen LogP contribution in [0.15, 0.2) is 6.20 Å². The summed E-state index contributed by atoms with van der Waals surface area (Å²) < 4.78 is 7.63. The lowest BCUT2D eigenvalue weighted by molar-refractivity contribution is 0.00366. The topological polar surface area (TPSA) is 59.4 Å². The Bertz CT molecular complexity index is 555. The second kappa shape index (κ2) is 5.57. The van der Waals surface area contributed by atoms with Gasteiger partial charge >= 0.3 is 6.09 Å². The molecule has 6 heteroatoms. The van der Waals surface area contributed by atoms with Crippen molar-refractivity contribution < 1.29 is 9.53 Å². The summed E-state index contributed by atoms with van der Waals surface area (Å²) in [6.45, 7) is 10.2. The van der Waals surface area contributed by atoms with E-state index in [-0.39, 0.29) is 6.09 Å². The Balaban J connectivity index is 1.44. The van der Waals surface area contributed by atoms with Crippen LogP contribution in [-0.4, -0.2) is 51.3 Å². The van der Waals surface area contributed by atoms with E-state index in [2.05, 4.69) is 21.1 Å². The molecule has 0 aromatic carbocycles. The minimum atomic E-state index is -0.422. The summed E-state index contributed by atoms with van der Waals surface area (Å²) in [6, 6.07) is 0.843. The summed E-state index contributed by atoms with van der Waals surface area (Å²) in [4.78, 5) is 18.2. The zero-order chi connectivity index (χ0) is 15.9. The number of likely N-dealkylation sites (tertiary alicyclic amines) is 1. The van der Waals surface area contributed by atoms with Crippen LogP contribution in [0.4, 0.5) is 4.79 Å². The Hall–Kier alpha value is -1.56. The van der Waals surface area contributed by atoms with Gasteiger partial charge in [0.15, 0.2) is 0 Å². The third kappa shape index (κ3) is 3.43. The van der Waals surface area contributed by atoms with Gasteiger partial charge in [-0.05, 0) is 34.1 Å². The molecule has 2 aliphatic rings. The Labute approximate surface area is 131 Å². The van der Waals surface area contributed by atoms with Crippen molar-refractivity contribution >= 4 is 6.09 Å². The fourth-order valence-corrected chi connectivity index (χ4v) is 3.12. The van der Waals surface area contributed by atoms with Gasteiger partial charge in [-0.2, -0.15) is 0 Å².